The van der Waals surface area contributed by atoms with E-state index in [-0.39, 0.29) is 17.4 Å². The highest BCUT2D eigenvalue weighted by molar-refractivity contribution is 6.32. The number of carbonyl (C=O) groups is 1. The molecule has 2 atom stereocenters. The summed E-state index contributed by atoms with van der Waals surface area (Å²) in [7, 11) is 0. The predicted octanol–water partition coefficient (Wildman–Crippen LogP) is 7.54. The Morgan fingerprint density at radius 2 is 1.89 bits per heavy atom. The SMILES string of the molecule is CC=O.CCCC(CCC(C)CC)c1cc(NCCO)on1.Cc1ccc(OC(F)(F)F)c(Cl)c1. The molecule has 1 aromatic heterocycles. The molecule has 0 aliphatic carbocycles. The van der Waals surface area contributed by atoms with Gasteiger partial charge in [0, 0.05) is 18.5 Å². The van der Waals surface area contributed by atoms with Crippen LogP contribution in [0.1, 0.15) is 77.0 Å². The maximum atomic E-state index is 11.7. The second-order valence-corrected chi connectivity index (χ2v) is 8.47. The number of halogens is 4. The topological polar surface area (TPSA) is 84.6 Å². The molecule has 2 unspecified atom stereocenters. The molecule has 0 aliphatic heterocycles. The summed E-state index contributed by atoms with van der Waals surface area (Å²) in [5.41, 5.74) is 1.82. The Balaban J connectivity index is 0.000000626. The number of alkyl halides is 3. The molecule has 0 saturated heterocycles. The Hall–Kier alpha value is -2.26. The minimum absolute atomic E-state index is 0.0441. The van der Waals surface area contributed by atoms with Gasteiger partial charge in [-0.2, -0.15) is 0 Å². The largest absolute Gasteiger partial charge is 0.573 e. The van der Waals surface area contributed by atoms with Crippen LogP contribution >= 0.6 is 11.6 Å². The first-order valence-electron chi connectivity index (χ1n) is 11.7. The third kappa shape index (κ3) is 15.4. The lowest BCUT2D eigenvalue weighted by Crippen LogP contribution is -2.17. The molecule has 0 fully saturated rings. The van der Waals surface area contributed by atoms with E-state index in [2.05, 4.69) is 36.0 Å². The van der Waals surface area contributed by atoms with Crippen LogP contribution in [0.5, 0.6) is 5.75 Å². The molecule has 0 bridgehead atoms. The Bertz CT molecular complexity index is 831. The fourth-order valence-corrected chi connectivity index (χ4v) is 3.31. The standard InChI is InChI=1S/C15H28N2O2.C8H6ClF3O.C2H4O/c1-4-6-13(8-7-12(3)5-2)14-11-15(19-17-14)16-9-10-18;1-5-2-3-7(6(9)4-5)13-8(10,11)12;1-2-3/h11-13,16,18H,4-10H2,1-3H3;2-4H,1H3;2H,1H3. The molecule has 0 amide bonds. The lowest BCUT2D eigenvalue weighted by molar-refractivity contribution is -0.274. The molecule has 200 valence electrons. The van der Waals surface area contributed by atoms with Crippen LogP contribution in [0.3, 0.4) is 0 Å². The minimum atomic E-state index is -4.70. The van der Waals surface area contributed by atoms with Crippen molar-refractivity contribution in [3.05, 3.63) is 40.5 Å². The van der Waals surface area contributed by atoms with Crippen molar-refractivity contribution >= 4 is 23.8 Å². The van der Waals surface area contributed by atoms with E-state index in [0.717, 1.165) is 36.3 Å². The summed E-state index contributed by atoms with van der Waals surface area (Å²) in [5, 5.41) is 15.9. The number of anilines is 1. The van der Waals surface area contributed by atoms with Gasteiger partial charge in [-0.3, -0.25) is 0 Å². The Morgan fingerprint density at radius 1 is 1.23 bits per heavy atom. The number of aliphatic hydroxyl groups is 1. The van der Waals surface area contributed by atoms with Gasteiger partial charge in [-0.25, -0.2) is 0 Å². The first-order valence-corrected chi connectivity index (χ1v) is 12.1. The quantitative estimate of drug-likeness (QED) is 0.296. The first-order chi connectivity index (χ1) is 16.5. The van der Waals surface area contributed by atoms with E-state index in [1.807, 2.05) is 6.07 Å². The van der Waals surface area contributed by atoms with Crippen molar-refractivity contribution in [2.45, 2.75) is 79.0 Å². The van der Waals surface area contributed by atoms with E-state index in [1.165, 1.54) is 44.4 Å². The van der Waals surface area contributed by atoms with E-state index >= 15 is 0 Å². The van der Waals surface area contributed by atoms with Gasteiger partial charge in [0.2, 0.25) is 5.88 Å². The Morgan fingerprint density at radius 3 is 2.40 bits per heavy atom. The summed E-state index contributed by atoms with van der Waals surface area (Å²) >= 11 is 5.51. The third-order valence-corrected chi connectivity index (χ3v) is 5.31. The molecule has 0 spiro atoms. The molecule has 6 nitrogen and oxygen atoms in total. The van der Waals surface area contributed by atoms with Crippen LogP contribution in [0.15, 0.2) is 28.8 Å². The monoisotopic (exact) mass is 522 g/mol. The number of rotatable bonds is 11. The number of nitrogens with one attached hydrogen (secondary N) is 1. The zero-order valence-electron chi connectivity index (χ0n) is 21.1. The molecule has 2 aromatic rings. The van der Waals surface area contributed by atoms with Gasteiger partial charge < -0.3 is 24.5 Å². The van der Waals surface area contributed by atoms with E-state index in [1.54, 1.807) is 6.92 Å². The highest BCUT2D eigenvalue weighted by atomic mass is 35.5. The summed E-state index contributed by atoms with van der Waals surface area (Å²) in [6, 6.07) is 6.06. The molecular formula is C25H38ClF3N2O4. The van der Waals surface area contributed by atoms with Crippen LogP contribution < -0.4 is 10.1 Å². The van der Waals surface area contributed by atoms with Crippen LogP contribution in [0.2, 0.25) is 5.02 Å². The second-order valence-electron chi connectivity index (χ2n) is 8.06. The number of ether oxygens (including phenoxy) is 1. The molecule has 2 rings (SSSR count). The van der Waals surface area contributed by atoms with Gasteiger partial charge in [0.05, 0.1) is 17.3 Å². The number of hydrogen-bond donors (Lipinski definition) is 2. The fourth-order valence-electron chi connectivity index (χ4n) is 3.04. The number of aldehydes is 1. The number of carbonyl (C=O) groups excluding carboxylic acids is 1. The molecule has 0 saturated carbocycles. The van der Waals surface area contributed by atoms with Crippen LogP contribution in [-0.2, 0) is 4.79 Å². The molecule has 1 heterocycles. The summed E-state index contributed by atoms with van der Waals surface area (Å²) in [4.78, 5) is 8.81. The Kier molecular flexibility index (Phi) is 16.9. The zero-order valence-corrected chi connectivity index (χ0v) is 21.9. The number of aryl methyl sites for hydroxylation is 1. The molecule has 2 N–H and O–H groups in total. The van der Waals surface area contributed by atoms with Crippen molar-refractivity contribution in [3.63, 3.8) is 0 Å². The van der Waals surface area contributed by atoms with Gasteiger partial charge in [-0.15, -0.1) is 13.2 Å². The number of benzene rings is 1. The van der Waals surface area contributed by atoms with Gasteiger partial charge in [-0.05, 0) is 50.3 Å². The summed E-state index contributed by atoms with van der Waals surface area (Å²) in [5.74, 6) is 1.55. The minimum Gasteiger partial charge on any atom is -0.404 e. The highest BCUT2D eigenvalue weighted by Crippen LogP contribution is 2.31. The van der Waals surface area contributed by atoms with Crippen LogP contribution in [-0.4, -0.2) is 36.1 Å². The molecule has 10 heteroatoms. The third-order valence-electron chi connectivity index (χ3n) is 5.01. The zero-order chi connectivity index (χ0) is 26.9. The van der Waals surface area contributed by atoms with Gasteiger partial charge in [-0.1, -0.05) is 62.9 Å². The smallest absolute Gasteiger partial charge is 0.404 e. The lowest BCUT2D eigenvalue weighted by atomic mass is 9.90. The van der Waals surface area contributed by atoms with E-state index in [4.69, 9.17) is 26.0 Å². The van der Waals surface area contributed by atoms with Gasteiger partial charge >= 0.3 is 6.36 Å². The average molecular weight is 523 g/mol. The molecule has 35 heavy (non-hydrogen) atoms. The number of aromatic nitrogens is 1. The van der Waals surface area contributed by atoms with E-state index in [9.17, 15) is 13.2 Å². The van der Waals surface area contributed by atoms with E-state index in [0.29, 0.717) is 18.3 Å². The first kappa shape index (κ1) is 32.7. The van der Waals surface area contributed by atoms with Crippen molar-refractivity contribution in [3.8, 4) is 5.75 Å². The van der Waals surface area contributed by atoms with E-state index < -0.39 is 6.36 Å². The number of aliphatic hydroxyl groups excluding tert-OH is 1. The average Bonchev–Trinajstić information content (AvgIpc) is 3.26. The van der Waals surface area contributed by atoms with Gasteiger partial charge in [0.1, 0.15) is 12.0 Å². The van der Waals surface area contributed by atoms with Crippen LogP contribution in [0.25, 0.3) is 0 Å². The van der Waals surface area contributed by atoms with Crippen molar-refractivity contribution in [1.82, 2.24) is 5.16 Å². The lowest BCUT2D eigenvalue weighted by Gasteiger charge is -2.15. The predicted molar refractivity (Wildman–Crippen MR) is 133 cm³/mol. The summed E-state index contributed by atoms with van der Waals surface area (Å²) in [6.45, 7) is 10.5. The summed E-state index contributed by atoms with van der Waals surface area (Å²) in [6.07, 6.45) is 2.03. The van der Waals surface area contributed by atoms with Crippen molar-refractivity contribution in [2.24, 2.45) is 5.92 Å². The maximum Gasteiger partial charge on any atom is 0.573 e. The van der Waals surface area contributed by atoms with Gasteiger partial charge in [0.25, 0.3) is 0 Å². The molecule has 1 aromatic carbocycles. The molecule has 0 radical (unpaired) electrons. The second kappa shape index (κ2) is 18.1. The van der Waals surface area contributed by atoms with Crippen molar-refractivity contribution in [1.29, 1.82) is 0 Å². The fraction of sp³-hybridized carbons (Fsp3) is 0.600. The van der Waals surface area contributed by atoms with Crippen LogP contribution in [0.4, 0.5) is 19.1 Å². The normalized spacial score (nSPS) is 12.4. The summed E-state index contributed by atoms with van der Waals surface area (Å²) < 4.78 is 44.1. The Labute approximate surface area is 211 Å². The van der Waals surface area contributed by atoms with Gasteiger partial charge in [0.15, 0.2) is 0 Å². The van der Waals surface area contributed by atoms with Crippen molar-refractivity contribution in [2.75, 3.05) is 18.5 Å². The van der Waals surface area contributed by atoms with Crippen LogP contribution in [0, 0.1) is 12.8 Å². The van der Waals surface area contributed by atoms with Crippen molar-refractivity contribution < 1.29 is 32.3 Å². The maximum absolute atomic E-state index is 11.7. The number of hydrogen-bond acceptors (Lipinski definition) is 6. The highest BCUT2D eigenvalue weighted by Gasteiger charge is 2.31. The molecule has 0 aliphatic rings. The number of nitrogens with zero attached hydrogens (tertiary/aromatic N) is 1. The molecular weight excluding hydrogens is 485 g/mol.